The quantitative estimate of drug-likeness (QED) is 0.208. The fraction of sp³-hybridized carbons (Fsp3) is 0.206. The standard InChI is InChI=1S/C13H9.C11H8.C10H17Si.2ClH.Zr/c1-3-7-12-10(5-1)9-11-6-2-4-8-13(11)12;1-9-5-4-7-10-6-2-3-8-11(9)10;1-8-6-9(2)10(7-8)11(3,4)5;;;/h1-5,7-8H,9H2;1-8H;7-8H,1-5H3;2*1H;/q-1;;-1;;;+2/p-2. The number of hydrogen-bond donors (Lipinski definition) is 0. The number of fused-ring (bicyclic) bond motifs is 4. The summed E-state index contributed by atoms with van der Waals surface area (Å²) in [5, 5.41) is 4.29. The van der Waals surface area contributed by atoms with Crippen LogP contribution in [0.15, 0.2) is 102 Å². The maximum atomic E-state index is 3.43. The van der Waals surface area contributed by atoms with Crippen molar-refractivity contribution < 1.29 is 49.0 Å². The predicted molar refractivity (Wildman–Crippen MR) is 156 cm³/mol. The molecule has 0 nitrogen and oxygen atoms in total. The number of benzene rings is 4. The summed E-state index contributed by atoms with van der Waals surface area (Å²) in [7, 11) is -1.07. The molecule has 4 heteroatoms. The average molecular weight is 633 g/mol. The van der Waals surface area contributed by atoms with Crippen molar-refractivity contribution in [3.8, 4) is 11.1 Å². The van der Waals surface area contributed by atoms with E-state index in [1.54, 1.807) is 5.20 Å². The van der Waals surface area contributed by atoms with Crippen molar-refractivity contribution in [1.82, 2.24) is 0 Å². The number of allylic oxidation sites excluding steroid dienone is 4. The Morgan fingerprint density at radius 3 is 2.16 bits per heavy atom. The second kappa shape index (κ2) is 14.5. The fourth-order valence-electron chi connectivity index (χ4n) is 5.02. The Kier molecular flexibility index (Phi) is 12.4. The van der Waals surface area contributed by atoms with E-state index in [4.69, 9.17) is 0 Å². The Labute approximate surface area is 257 Å². The molecule has 2 aliphatic carbocycles. The van der Waals surface area contributed by atoms with Crippen molar-refractivity contribution in [1.29, 1.82) is 0 Å². The van der Waals surface area contributed by atoms with Crippen molar-refractivity contribution in [2.75, 3.05) is 0 Å². The van der Waals surface area contributed by atoms with Crippen molar-refractivity contribution in [3.63, 3.8) is 0 Å². The van der Waals surface area contributed by atoms with Crippen LogP contribution in [0.1, 0.15) is 30.5 Å². The van der Waals surface area contributed by atoms with Gasteiger partial charge in [-0.2, -0.15) is 35.9 Å². The summed E-state index contributed by atoms with van der Waals surface area (Å²) in [6.45, 7) is 11.6. The Morgan fingerprint density at radius 1 is 0.842 bits per heavy atom. The van der Waals surface area contributed by atoms with Gasteiger partial charge in [0.25, 0.3) is 0 Å². The minimum absolute atomic E-state index is 0. The van der Waals surface area contributed by atoms with Gasteiger partial charge in [0.05, 0.1) is 0 Å². The first kappa shape index (κ1) is 32.4. The molecular formula is C34H34Cl2SiZr-2. The molecule has 0 aliphatic heterocycles. The van der Waals surface area contributed by atoms with Crippen LogP contribution >= 0.6 is 0 Å². The van der Waals surface area contributed by atoms with Crippen LogP contribution in [-0.2, 0) is 30.7 Å². The normalized spacial score (nSPS) is 14.7. The molecule has 0 bridgehead atoms. The van der Waals surface area contributed by atoms with Gasteiger partial charge in [0.15, 0.2) is 0 Å². The van der Waals surface area contributed by atoms with Gasteiger partial charge < -0.3 is 24.8 Å². The van der Waals surface area contributed by atoms with Gasteiger partial charge in [-0.15, -0.1) is 5.56 Å². The summed E-state index contributed by atoms with van der Waals surface area (Å²) >= 11 is 1.46. The zero-order valence-electron chi connectivity index (χ0n) is 22.8. The monoisotopic (exact) mass is 630 g/mol. The summed E-state index contributed by atoms with van der Waals surface area (Å²) in [6.07, 6.45) is 6.86. The van der Waals surface area contributed by atoms with Crippen molar-refractivity contribution >= 4 is 22.6 Å². The molecule has 0 N–H and O–H groups in total. The third-order valence-corrected chi connectivity index (χ3v) is 9.59. The first-order valence-electron chi connectivity index (χ1n) is 12.7. The molecule has 0 radical (unpaired) electrons. The van der Waals surface area contributed by atoms with Gasteiger partial charge in [-0.25, -0.2) is 10.8 Å². The van der Waals surface area contributed by atoms with Crippen LogP contribution in [0.25, 0.3) is 21.9 Å². The molecular weight excluding hydrogens is 599 g/mol. The van der Waals surface area contributed by atoms with Gasteiger partial charge in [0, 0.05) is 0 Å². The molecule has 38 heavy (non-hydrogen) atoms. The first-order chi connectivity index (χ1) is 17.3. The molecule has 1 atom stereocenters. The fourth-order valence-corrected chi connectivity index (χ4v) is 7.59. The van der Waals surface area contributed by atoms with E-state index in [-0.39, 0.29) is 24.8 Å². The van der Waals surface area contributed by atoms with Gasteiger partial charge in [0.1, 0.15) is 0 Å². The summed E-state index contributed by atoms with van der Waals surface area (Å²) in [5.41, 5.74) is 8.26. The Morgan fingerprint density at radius 2 is 1.50 bits per heavy atom. The summed E-state index contributed by atoms with van der Waals surface area (Å²) < 4.78 is 2.23. The van der Waals surface area contributed by atoms with Crippen LogP contribution in [0.4, 0.5) is 0 Å². The van der Waals surface area contributed by atoms with E-state index >= 15 is 0 Å². The molecule has 1 unspecified atom stereocenters. The molecule has 6 rings (SSSR count). The van der Waals surface area contributed by atoms with Gasteiger partial charge >= 0.3 is 86.7 Å². The number of halogens is 2. The Hall–Kier alpha value is -1.83. The van der Waals surface area contributed by atoms with E-state index in [0.717, 1.165) is 6.42 Å². The van der Waals surface area contributed by atoms with Gasteiger partial charge in [-0.3, -0.25) is 6.08 Å². The van der Waals surface area contributed by atoms with Crippen LogP contribution in [-0.4, -0.2) is 11.8 Å². The molecule has 4 aromatic carbocycles. The van der Waals surface area contributed by atoms with Crippen LogP contribution < -0.4 is 24.8 Å². The Bertz CT molecular complexity index is 1400. The minimum atomic E-state index is -1.07. The Balaban J connectivity index is 0.000000196. The first-order valence-corrected chi connectivity index (χ1v) is 17.6. The SMILES string of the molecule is CC1=[C-]C(C)C=C1[Si](C)(C)C.[Cl-].[Cl-].[Zr+2]=[CH]c1cccc2ccccc12.[c-]1cccc2c1Cc1ccccc1-2. The van der Waals surface area contributed by atoms with Crippen molar-refractivity contribution in [3.05, 3.63) is 131 Å². The summed E-state index contributed by atoms with van der Waals surface area (Å²) in [5.74, 6) is 0.553. The molecule has 0 aromatic heterocycles. The maximum Gasteiger partial charge on any atom is -0.0253 e. The molecule has 0 fully saturated rings. The molecule has 0 spiro atoms. The van der Waals surface area contributed by atoms with Crippen LogP contribution in [0.5, 0.6) is 0 Å². The molecule has 0 saturated heterocycles. The smallest absolute Gasteiger partial charge is 0.0253 e. The van der Waals surface area contributed by atoms with Gasteiger partial charge in [0.2, 0.25) is 0 Å². The number of hydrogen-bond acceptors (Lipinski definition) is 0. The van der Waals surface area contributed by atoms with Crippen LogP contribution in [0.2, 0.25) is 19.6 Å². The van der Waals surface area contributed by atoms with Crippen LogP contribution in [0.3, 0.4) is 0 Å². The molecule has 0 saturated carbocycles. The maximum absolute atomic E-state index is 3.43. The molecule has 2 aliphatic rings. The molecule has 0 amide bonds. The molecule has 194 valence electrons. The van der Waals surface area contributed by atoms with Crippen molar-refractivity contribution in [2.24, 2.45) is 5.92 Å². The minimum Gasteiger partial charge on any atom is -0.179 e. The molecule has 0 heterocycles. The van der Waals surface area contributed by atoms with Gasteiger partial charge in [-0.1, -0.05) is 74.8 Å². The van der Waals surface area contributed by atoms with E-state index in [0.29, 0.717) is 5.92 Å². The van der Waals surface area contributed by atoms with E-state index in [9.17, 15) is 0 Å². The second-order valence-electron chi connectivity index (χ2n) is 10.5. The molecule has 4 aromatic rings. The van der Waals surface area contributed by atoms with Crippen LogP contribution in [0, 0.1) is 18.1 Å². The van der Waals surface area contributed by atoms with E-state index < -0.39 is 8.07 Å². The second-order valence-corrected chi connectivity index (χ2v) is 16.2. The topological polar surface area (TPSA) is 0 Å². The third-order valence-electron chi connectivity index (χ3n) is 6.67. The zero-order chi connectivity index (χ0) is 25.7. The zero-order valence-corrected chi connectivity index (χ0v) is 27.7. The summed E-state index contributed by atoms with van der Waals surface area (Å²) in [6, 6.07) is 33.0. The van der Waals surface area contributed by atoms with E-state index in [1.165, 1.54) is 68.4 Å². The van der Waals surface area contributed by atoms with Gasteiger partial charge in [-0.05, 0) is 14.5 Å². The van der Waals surface area contributed by atoms with E-state index in [1.807, 2.05) is 6.07 Å². The van der Waals surface area contributed by atoms with Crippen molar-refractivity contribution in [2.45, 2.75) is 39.9 Å². The third kappa shape index (κ3) is 7.86. The largest absolute Gasteiger partial charge is 0.179 e. The summed E-state index contributed by atoms with van der Waals surface area (Å²) in [4.78, 5) is 0. The number of rotatable bonds is 2. The predicted octanol–water partition coefficient (Wildman–Crippen LogP) is 2.79. The van der Waals surface area contributed by atoms with E-state index in [2.05, 4.69) is 134 Å². The average Bonchev–Trinajstić information content (AvgIpc) is 3.43.